The molecule has 2 aliphatic rings. The molecule has 1 aromatic heterocycles. The number of aromatic nitrogens is 1. The van der Waals surface area contributed by atoms with Gasteiger partial charge in [0.15, 0.2) is 0 Å². The molecule has 2 heterocycles. The van der Waals surface area contributed by atoms with Gasteiger partial charge in [-0.3, -0.25) is 14.7 Å². The lowest BCUT2D eigenvalue weighted by molar-refractivity contribution is -0.146. The van der Waals surface area contributed by atoms with Crippen LogP contribution in [0.3, 0.4) is 0 Å². The van der Waals surface area contributed by atoms with Gasteiger partial charge in [0.05, 0.1) is 24.6 Å². The normalized spacial score (nSPS) is 23.2. The number of fused-ring (bicyclic) bond motifs is 2. The second-order valence-corrected chi connectivity index (χ2v) is 10.7. The number of ether oxygens (including phenoxy) is 1. The highest BCUT2D eigenvalue weighted by molar-refractivity contribution is 9.10. The summed E-state index contributed by atoms with van der Waals surface area (Å²) in [5.41, 5.74) is 4.34. The Morgan fingerprint density at radius 3 is 2.89 bits per heavy atom. The number of pyridine rings is 1. The summed E-state index contributed by atoms with van der Waals surface area (Å²) in [6.07, 6.45) is 5.01. The van der Waals surface area contributed by atoms with Gasteiger partial charge in [-0.15, -0.1) is 0 Å². The second kappa shape index (κ2) is 10.2. The van der Waals surface area contributed by atoms with Gasteiger partial charge in [0.25, 0.3) is 0 Å². The quantitative estimate of drug-likeness (QED) is 0.440. The van der Waals surface area contributed by atoms with E-state index in [0.717, 1.165) is 52.5 Å². The molecule has 3 aromatic rings. The van der Waals surface area contributed by atoms with Crippen LogP contribution in [0.15, 0.2) is 53.1 Å². The molecule has 2 N–H and O–H groups in total. The van der Waals surface area contributed by atoms with Crippen LogP contribution in [0, 0.1) is 11.8 Å². The van der Waals surface area contributed by atoms with E-state index in [1.165, 1.54) is 11.1 Å². The van der Waals surface area contributed by atoms with Crippen molar-refractivity contribution in [1.82, 2.24) is 9.88 Å². The van der Waals surface area contributed by atoms with Crippen LogP contribution in [0.4, 0.5) is 0 Å². The molecule has 5 rings (SSSR count). The zero-order valence-electron chi connectivity index (χ0n) is 19.9. The number of carbonyl (C=O) groups is 1. The Morgan fingerprint density at radius 2 is 2.11 bits per heavy atom. The van der Waals surface area contributed by atoms with Crippen LogP contribution in [0.5, 0.6) is 5.75 Å². The fraction of sp³-hybridized carbons (Fsp3) is 0.429. The van der Waals surface area contributed by atoms with Crippen molar-refractivity contribution in [3.8, 4) is 5.75 Å². The first kappa shape index (κ1) is 24.2. The maximum Gasteiger partial charge on any atom is 0.308 e. The van der Waals surface area contributed by atoms with E-state index in [9.17, 15) is 15.0 Å². The molecular formula is C28H31BrN2O4. The van der Waals surface area contributed by atoms with Crippen molar-refractivity contribution in [2.24, 2.45) is 11.8 Å². The Kier molecular flexibility index (Phi) is 7.09. The van der Waals surface area contributed by atoms with Crippen molar-refractivity contribution in [3.63, 3.8) is 0 Å². The summed E-state index contributed by atoms with van der Waals surface area (Å²) in [7, 11) is 1.62. The standard InChI is InChI=1S/C28H31BrN2O4/c1-35-20-6-7-26-23(15-20)21(9-11-30-26)27(32)8-5-17-10-12-31(16-24(17)28(33)34)19-13-18-3-2-4-25(29)22(18)14-19/h2-4,6-7,9,11,15,17,19,24,27,32H,5,8,10,12-14,16H2,1H3,(H,33,34)/t17-,19?,24+,27?/m1/s1. The van der Waals surface area contributed by atoms with Crippen LogP contribution in [-0.4, -0.2) is 52.3 Å². The number of halogens is 1. The van der Waals surface area contributed by atoms with Crippen LogP contribution < -0.4 is 4.74 Å². The molecular weight excluding hydrogens is 508 g/mol. The fourth-order valence-corrected chi connectivity index (χ4v) is 6.49. The average molecular weight is 539 g/mol. The van der Waals surface area contributed by atoms with Crippen molar-refractivity contribution < 1.29 is 19.7 Å². The smallest absolute Gasteiger partial charge is 0.308 e. The number of piperidine rings is 1. The van der Waals surface area contributed by atoms with Crippen LogP contribution in [0.25, 0.3) is 10.9 Å². The van der Waals surface area contributed by atoms with Gasteiger partial charge in [-0.2, -0.15) is 0 Å². The number of nitrogens with zero attached hydrogens (tertiary/aromatic N) is 2. The Morgan fingerprint density at radius 1 is 1.26 bits per heavy atom. The van der Waals surface area contributed by atoms with Crippen molar-refractivity contribution in [2.45, 2.75) is 44.2 Å². The Labute approximate surface area is 214 Å². The van der Waals surface area contributed by atoms with Crippen LogP contribution >= 0.6 is 15.9 Å². The minimum atomic E-state index is -0.732. The molecule has 35 heavy (non-hydrogen) atoms. The zero-order valence-corrected chi connectivity index (χ0v) is 21.4. The van der Waals surface area contributed by atoms with Gasteiger partial charge >= 0.3 is 5.97 Å². The number of aliphatic hydroxyl groups excluding tert-OH is 1. The monoisotopic (exact) mass is 538 g/mol. The lowest BCUT2D eigenvalue weighted by Gasteiger charge is -2.40. The SMILES string of the molecule is COc1ccc2nccc(C(O)CC[C@@H]3CCN(C4Cc5cccc(Br)c5C4)C[C@@H]3C(=O)O)c2c1. The first-order chi connectivity index (χ1) is 16.9. The van der Waals surface area contributed by atoms with Crippen LogP contribution in [-0.2, 0) is 17.6 Å². The molecule has 1 saturated heterocycles. The third-order valence-electron chi connectivity index (χ3n) is 7.88. The maximum atomic E-state index is 12.2. The summed E-state index contributed by atoms with van der Waals surface area (Å²) in [5, 5.41) is 22.0. The highest BCUT2D eigenvalue weighted by atomic mass is 79.9. The molecule has 2 aromatic carbocycles. The number of hydrogen-bond donors (Lipinski definition) is 2. The van der Waals surface area contributed by atoms with Crippen LogP contribution in [0.1, 0.15) is 42.1 Å². The topological polar surface area (TPSA) is 82.9 Å². The summed E-state index contributed by atoms with van der Waals surface area (Å²) in [6, 6.07) is 14.2. The maximum absolute atomic E-state index is 12.2. The lowest BCUT2D eigenvalue weighted by atomic mass is 9.80. The number of benzene rings is 2. The highest BCUT2D eigenvalue weighted by Gasteiger charge is 2.38. The summed E-state index contributed by atoms with van der Waals surface area (Å²) in [6.45, 7) is 1.47. The molecule has 7 heteroatoms. The highest BCUT2D eigenvalue weighted by Crippen LogP contribution is 2.37. The molecule has 0 saturated carbocycles. The third-order valence-corrected chi connectivity index (χ3v) is 8.63. The zero-order chi connectivity index (χ0) is 24.5. The van der Waals surface area contributed by atoms with Crippen molar-refractivity contribution in [1.29, 1.82) is 0 Å². The Bertz CT molecular complexity index is 1230. The third kappa shape index (κ3) is 4.95. The van der Waals surface area contributed by atoms with Gasteiger partial charge in [-0.1, -0.05) is 28.1 Å². The summed E-state index contributed by atoms with van der Waals surface area (Å²) < 4.78 is 6.50. The molecule has 0 spiro atoms. The van der Waals surface area contributed by atoms with Gasteiger partial charge in [0, 0.05) is 28.6 Å². The van der Waals surface area contributed by atoms with E-state index >= 15 is 0 Å². The number of aliphatic carboxylic acids is 1. The minimum Gasteiger partial charge on any atom is -0.497 e. The summed E-state index contributed by atoms with van der Waals surface area (Å²) >= 11 is 3.67. The molecule has 6 nitrogen and oxygen atoms in total. The summed E-state index contributed by atoms with van der Waals surface area (Å²) in [5.74, 6) is -0.378. The molecule has 0 bridgehead atoms. The van der Waals surface area contributed by atoms with Crippen LogP contribution in [0.2, 0.25) is 0 Å². The van der Waals surface area contributed by atoms with Gasteiger partial charge < -0.3 is 14.9 Å². The minimum absolute atomic E-state index is 0.0524. The number of hydrogen-bond acceptors (Lipinski definition) is 5. The number of likely N-dealkylation sites (tertiary alicyclic amines) is 1. The molecule has 0 radical (unpaired) electrons. The predicted octanol–water partition coefficient (Wildman–Crippen LogP) is 5.01. The number of rotatable bonds is 7. The van der Waals surface area contributed by atoms with Gasteiger partial charge in [0.1, 0.15) is 5.75 Å². The molecule has 184 valence electrons. The molecule has 1 aliphatic carbocycles. The molecule has 1 fully saturated rings. The van der Waals surface area contributed by atoms with E-state index in [-0.39, 0.29) is 5.92 Å². The first-order valence-corrected chi connectivity index (χ1v) is 13.1. The van der Waals surface area contributed by atoms with E-state index in [1.807, 2.05) is 24.3 Å². The molecule has 2 unspecified atom stereocenters. The summed E-state index contributed by atoms with van der Waals surface area (Å²) in [4.78, 5) is 19.0. The largest absolute Gasteiger partial charge is 0.497 e. The van der Waals surface area contributed by atoms with E-state index < -0.39 is 18.0 Å². The fourth-order valence-electron chi connectivity index (χ4n) is 5.92. The lowest BCUT2D eigenvalue weighted by Crippen LogP contribution is -2.48. The number of aliphatic hydroxyl groups is 1. The Hall–Kier alpha value is -2.48. The molecule has 4 atom stereocenters. The van der Waals surface area contributed by atoms with Gasteiger partial charge in [-0.05, 0) is 91.6 Å². The van der Waals surface area contributed by atoms with E-state index in [0.29, 0.717) is 25.4 Å². The van der Waals surface area contributed by atoms with Crippen molar-refractivity contribution >= 4 is 32.8 Å². The Balaban J connectivity index is 1.25. The number of methoxy groups -OCH3 is 1. The van der Waals surface area contributed by atoms with E-state index in [2.05, 4.69) is 44.0 Å². The van der Waals surface area contributed by atoms with E-state index in [1.54, 1.807) is 13.3 Å². The second-order valence-electron chi connectivity index (χ2n) is 9.80. The average Bonchev–Trinajstić information content (AvgIpc) is 3.32. The van der Waals surface area contributed by atoms with Crippen molar-refractivity contribution in [2.75, 3.05) is 20.2 Å². The first-order valence-electron chi connectivity index (χ1n) is 12.3. The molecule has 1 aliphatic heterocycles. The number of carboxylic acid groups (broad SMARTS) is 1. The van der Waals surface area contributed by atoms with E-state index in [4.69, 9.17) is 4.74 Å². The number of carboxylic acids is 1. The van der Waals surface area contributed by atoms with Gasteiger partial charge in [-0.25, -0.2) is 0 Å². The molecule has 0 amide bonds. The van der Waals surface area contributed by atoms with Crippen molar-refractivity contribution in [3.05, 3.63) is 69.8 Å². The predicted molar refractivity (Wildman–Crippen MR) is 139 cm³/mol. The van der Waals surface area contributed by atoms with Gasteiger partial charge in [0.2, 0.25) is 0 Å².